The topological polar surface area (TPSA) is 58.4 Å². The lowest BCUT2D eigenvalue weighted by Crippen LogP contribution is -2.32. The van der Waals surface area contributed by atoms with Crippen LogP contribution < -0.4 is 5.32 Å². The largest absolute Gasteiger partial charge is 0.447 e. The number of nitrogens with one attached hydrogen (secondary N) is 1. The molecule has 0 spiro atoms. The third kappa shape index (κ3) is 6.49. The number of amides is 1. The van der Waals surface area contributed by atoms with Crippen LogP contribution in [0.2, 0.25) is 0 Å². The number of rotatable bonds is 9. The van der Waals surface area contributed by atoms with Crippen molar-refractivity contribution < 1.29 is 13.6 Å². The van der Waals surface area contributed by atoms with E-state index in [2.05, 4.69) is 47.2 Å². The van der Waals surface area contributed by atoms with E-state index >= 15 is 0 Å². The lowest BCUT2D eigenvalue weighted by atomic mass is 10.0. The molecule has 1 aromatic heterocycles. The van der Waals surface area contributed by atoms with Gasteiger partial charge in [-0.15, -0.1) is 0 Å². The van der Waals surface area contributed by atoms with Crippen LogP contribution in [0.4, 0.5) is 4.39 Å². The van der Waals surface area contributed by atoms with Crippen molar-refractivity contribution in [3.8, 4) is 0 Å². The van der Waals surface area contributed by atoms with E-state index < -0.39 is 0 Å². The molecule has 1 unspecified atom stereocenters. The van der Waals surface area contributed by atoms with Crippen molar-refractivity contribution in [1.82, 2.24) is 15.2 Å². The molecule has 0 saturated carbocycles. The van der Waals surface area contributed by atoms with Gasteiger partial charge in [-0.1, -0.05) is 42.8 Å². The average molecular weight is 424 g/mol. The molecule has 0 aliphatic rings. The molecule has 0 fully saturated rings. The summed E-state index contributed by atoms with van der Waals surface area (Å²) in [4.78, 5) is 18.9. The molecular weight excluding hydrogens is 393 g/mol. The molecule has 0 saturated heterocycles. The van der Waals surface area contributed by atoms with Crippen molar-refractivity contribution in [2.45, 2.75) is 59.8 Å². The second-order valence-corrected chi connectivity index (χ2v) is 8.11. The summed E-state index contributed by atoms with van der Waals surface area (Å²) in [6.45, 7) is 9.84. The average Bonchev–Trinajstić information content (AvgIpc) is 3.21. The van der Waals surface area contributed by atoms with Crippen molar-refractivity contribution >= 4 is 5.91 Å². The molecule has 0 aliphatic heterocycles. The van der Waals surface area contributed by atoms with E-state index in [-0.39, 0.29) is 23.5 Å². The molecule has 0 aliphatic carbocycles. The normalized spacial score (nSPS) is 12.2. The maximum atomic E-state index is 13.3. The van der Waals surface area contributed by atoms with Gasteiger partial charge in [0.15, 0.2) is 5.69 Å². The molecule has 1 amide bonds. The molecule has 3 rings (SSSR count). The first-order chi connectivity index (χ1) is 14.8. The number of aromatic nitrogens is 1. The van der Waals surface area contributed by atoms with Gasteiger partial charge in [-0.2, -0.15) is 0 Å². The predicted octanol–water partition coefficient (Wildman–Crippen LogP) is 5.16. The Kier molecular flexibility index (Phi) is 7.58. The van der Waals surface area contributed by atoms with Crippen LogP contribution in [0.1, 0.15) is 58.9 Å². The zero-order chi connectivity index (χ0) is 22.4. The minimum Gasteiger partial charge on any atom is -0.447 e. The Labute approximate surface area is 183 Å². The van der Waals surface area contributed by atoms with E-state index in [0.717, 1.165) is 12.0 Å². The Balaban J connectivity index is 1.78. The maximum Gasteiger partial charge on any atom is 0.273 e. The Hall–Kier alpha value is -2.99. The molecule has 6 heteroatoms. The van der Waals surface area contributed by atoms with Gasteiger partial charge in [-0.05, 0) is 56.0 Å². The van der Waals surface area contributed by atoms with Crippen LogP contribution >= 0.6 is 0 Å². The number of benzene rings is 2. The molecule has 164 valence electrons. The van der Waals surface area contributed by atoms with Crippen molar-refractivity contribution in [1.29, 1.82) is 0 Å². The van der Waals surface area contributed by atoms with Crippen LogP contribution in [-0.4, -0.2) is 21.8 Å². The third-order valence-corrected chi connectivity index (χ3v) is 5.35. The summed E-state index contributed by atoms with van der Waals surface area (Å²) in [5.41, 5.74) is 4.89. The highest BCUT2D eigenvalue weighted by Crippen LogP contribution is 2.18. The first kappa shape index (κ1) is 22.7. The standard InChI is InChI=1S/C25H30FN3O2/c1-5-19(4)27-25(30)23-16-31-24(28-23)15-29(13-20-8-10-22(26)11-9-20)14-21-12-17(2)6-7-18(21)3/h6-12,16,19H,5,13-15H2,1-4H3,(H,27,30). The SMILES string of the molecule is CCC(C)NC(=O)c1coc(CN(Cc2ccc(F)cc2)Cc2cc(C)ccc2C)n1. The molecule has 1 heterocycles. The smallest absolute Gasteiger partial charge is 0.273 e. The first-order valence-electron chi connectivity index (χ1n) is 10.6. The quantitative estimate of drug-likeness (QED) is 0.516. The molecule has 31 heavy (non-hydrogen) atoms. The Morgan fingerprint density at radius 2 is 1.87 bits per heavy atom. The second kappa shape index (κ2) is 10.4. The minimum atomic E-state index is -0.255. The van der Waals surface area contributed by atoms with E-state index in [4.69, 9.17) is 4.42 Å². The molecular formula is C25H30FN3O2. The van der Waals surface area contributed by atoms with Gasteiger partial charge in [0, 0.05) is 19.1 Å². The Morgan fingerprint density at radius 3 is 2.58 bits per heavy atom. The van der Waals surface area contributed by atoms with Crippen molar-refractivity contribution in [3.05, 3.63) is 88.4 Å². The van der Waals surface area contributed by atoms with Gasteiger partial charge in [-0.3, -0.25) is 9.69 Å². The van der Waals surface area contributed by atoms with Crippen LogP contribution in [0.3, 0.4) is 0 Å². The monoisotopic (exact) mass is 423 g/mol. The van der Waals surface area contributed by atoms with Gasteiger partial charge >= 0.3 is 0 Å². The van der Waals surface area contributed by atoms with Crippen LogP contribution in [0.5, 0.6) is 0 Å². The van der Waals surface area contributed by atoms with Crippen LogP contribution in [0.25, 0.3) is 0 Å². The van der Waals surface area contributed by atoms with Crippen LogP contribution in [0.15, 0.2) is 53.1 Å². The van der Waals surface area contributed by atoms with Gasteiger partial charge in [-0.25, -0.2) is 9.37 Å². The summed E-state index contributed by atoms with van der Waals surface area (Å²) >= 11 is 0. The fourth-order valence-electron chi connectivity index (χ4n) is 3.31. The lowest BCUT2D eigenvalue weighted by molar-refractivity contribution is 0.0934. The number of halogens is 1. The zero-order valence-electron chi connectivity index (χ0n) is 18.6. The number of hydrogen-bond donors (Lipinski definition) is 1. The Morgan fingerprint density at radius 1 is 1.13 bits per heavy atom. The molecule has 1 N–H and O–H groups in total. The minimum absolute atomic E-state index is 0.0759. The first-order valence-corrected chi connectivity index (χ1v) is 10.6. The van der Waals surface area contributed by atoms with E-state index in [9.17, 15) is 9.18 Å². The van der Waals surface area contributed by atoms with Crippen molar-refractivity contribution in [2.24, 2.45) is 0 Å². The number of oxazole rings is 1. The Bertz CT molecular complexity index is 1010. The summed E-state index contributed by atoms with van der Waals surface area (Å²) in [6.07, 6.45) is 2.25. The van der Waals surface area contributed by atoms with E-state index in [1.165, 1.54) is 35.1 Å². The fourth-order valence-corrected chi connectivity index (χ4v) is 3.31. The number of carbonyl (C=O) groups excluding carboxylic acids is 1. The molecule has 1 atom stereocenters. The highest BCUT2D eigenvalue weighted by atomic mass is 19.1. The highest BCUT2D eigenvalue weighted by Gasteiger charge is 2.17. The second-order valence-electron chi connectivity index (χ2n) is 8.11. The number of aryl methyl sites for hydroxylation is 2. The molecule has 5 nitrogen and oxygen atoms in total. The van der Waals surface area contributed by atoms with Crippen molar-refractivity contribution in [2.75, 3.05) is 0 Å². The summed E-state index contributed by atoms with van der Waals surface area (Å²) in [5, 5.41) is 2.90. The summed E-state index contributed by atoms with van der Waals surface area (Å²) in [5.74, 6) is -0.0137. The van der Waals surface area contributed by atoms with Crippen LogP contribution in [-0.2, 0) is 19.6 Å². The molecule has 0 bridgehead atoms. The predicted molar refractivity (Wildman–Crippen MR) is 119 cm³/mol. The van der Waals surface area contributed by atoms with E-state index in [1.807, 2.05) is 13.8 Å². The molecule has 0 radical (unpaired) electrons. The van der Waals surface area contributed by atoms with Gasteiger partial charge < -0.3 is 9.73 Å². The lowest BCUT2D eigenvalue weighted by Gasteiger charge is -2.22. The number of nitrogens with zero attached hydrogens (tertiary/aromatic N) is 2. The summed E-state index contributed by atoms with van der Waals surface area (Å²) in [7, 11) is 0. The van der Waals surface area contributed by atoms with Gasteiger partial charge in [0.2, 0.25) is 5.89 Å². The third-order valence-electron chi connectivity index (χ3n) is 5.35. The molecule has 3 aromatic rings. The number of carbonyl (C=O) groups is 1. The summed E-state index contributed by atoms with van der Waals surface area (Å²) in [6, 6.07) is 13.0. The van der Waals surface area contributed by atoms with Crippen molar-refractivity contribution in [3.63, 3.8) is 0 Å². The zero-order valence-corrected chi connectivity index (χ0v) is 18.6. The highest BCUT2D eigenvalue weighted by molar-refractivity contribution is 5.92. The van der Waals surface area contributed by atoms with Gasteiger partial charge in [0.25, 0.3) is 5.91 Å². The molecule has 2 aromatic carbocycles. The van der Waals surface area contributed by atoms with E-state index in [0.29, 0.717) is 25.5 Å². The van der Waals surface area contributed by atoms with Gasteiger partial charge in [0.1, 0.15) is 12.1 Å². The number of hydrogen-bond acceptors (Lipinski definition) is 4. The summed E-state index contributed by atoms with van der Waals surface area (Å²) < 4.78 is 18.9. The van der Waals surface area contributed by atoms with Gasteiger partial charge in [0.05, 0.1) is 6.54 Å². The van der Waals surface area contributed by atoms with Crippen LogP contribution in [0, 0.1) is 19.7 Å². The maximum absolute atomic E-state index is 13.3. The van der Waals surface area contributed by atoms with E-state index in [1.54, 1.807) is 12.1 Å². The fraction of sp³-hybridized carbons (Fsp3) is 0.360.